The van der Waals surface area contributed by atoms with Gasteiger partial charge in [0.2, 0.25) is 5.91 Å². The minimum atomic E-state index is 0.0346. The summed E-state index contributed by atoms with van der Waals surface area (Å²) in [7, 11) is 3.76. The molecule has 2 aliphatic rings. The van der Waals surface area contributed by atoms with E-state index >= 15 is 0 Å². The van der Waals surface area contributed by atoms with Crippen molar-refractivity contribution in [1.29, 1.82) is 0 Å². The van der Waals surface area contributed by atoms with Crippen LogP contribution in [0, 0.1) is 5.92 Å². The van der Waals surface area contributed by atoms with Crippen LogP contribution in [-0.2, 0) is 9.53 Å². The summed E-state index contributed by atoms with van der Waals surface area (Å²) < 4.78 is 5.04. The van der Waals surface area contributed by atoms with Crippen LogP contribution in [0.5, 0.6) is 0 Å². The minimum absolute atomic E-state index is 0.0346. The number of fused-ring (bicyclic) bond motifs is 1. The van der Waals surface area contributed by atoms with E-state index in [-0.39, 0.29) is 11.9 Å². The molecule has 116 valence electrons. The van der Waals surface area contributed by atoms with E-state index in [0.717, 1.165) is 32.0 Å². The first-order chi connectivity index (χ1) is 9.70. The van der Waals surface area contributed by atoms with E-state index in [1.54, 1.807) is 7.11 Å². The summed E-state index contributed by atoms with van der Waals surface area (Å²) >= 11 is 0. The lowest BCUT2D eigenvalue weighted by Gasteiger charge is -2.24. The lowest BCUT2D eigenvalue weighted by atomic mass is 9.85. The number of rotatable bonds is 7. The van der Waals surface area contributed by atoms with E-state index in [4.69, 9.17) is 4.74 Å². The van der Waals surface area contributed by atoms with E-state index in [9.17, 15) is 4.79 Å². The molecule has 2 rings (SSSR count). The molecular weight excluding hydrogens is 254 g/mol. The first-order valence-electron chi connectivity index (χ1n) is 7.92. The maximum absolute atomic E-state index is 12.2. The molecule has 3 unspecified atom stereocenters. The van der Waals surface area contributed by atoms with Crippen molar-refractivity contribution in [2.75, 3.05) is 40.4 Å². The highest BCUT2D eigenvalue weighted by Crippen LogP contribution is 2.33. The molecule has 20 heavy (non-hydrogen) atoms. The van der Waals surface area contributed by atoms with Crippen molar-refractivity contribution >= 4 is 5.91 Å². The summed E-state index contributed by atoms with van der Waals surface area (Å²) in [4.78, 5) is 14.3. The Hall–Kier alpha value is -0.650. The molecule has 1 heterocycles. The number of carbonyl (C=O) groups is 1. The van der Waals surface area contributed by atoms with Gasteiger partial charge in [0.1, 0.15) is 0 Å². The monoisotopic (exact) mass is 283 g/mol. The van der Waals surface area contributed by atoms with Gasteiger partial charge in [0.15, 0.2) is 0 Å². The average Bonchev–Trinajstić information content (AvgIpc) is 2.89. The molecule has 0 aromatic carbocycles. The molecule has 1 saturated carbocycles. The van der Waals surface area contributed by atoms with Crippen molar-refractivity contribution < 1.29 is 9.53 Å². The second-order valence-electron chi connectivity index (χ2n) is 6.19. The van der Waals surface area contributed by atoms with Crippen LogP contribution < -0.4 is 10.6 Å². The Bertz CT molecular complexity index is 297. The lowest BCUT2D eigenvalue weighted by Crippen LogP contribution is -2.45. The molecule has 0 bridgehead atoms. The lowest BCUT2D eigenvalue weighted by molar-refractivity contribution is -0.122. The van der Waals surface area contributed by atoms with Gasteiger partial charge < -0.3 is 20.3 Å². The van der Waals surface area contributed by atoms with Gasteiger partial charge in [-0.25, -0.2) is 0 Å². The van der Waals surface area contributed by atoms with Crippen LogP contribution >= 0.6 is 0 Å². The van der Waals surface area contributed by atoms with Gasteiger partial charge in [-0.3, -0.25) is 4.79 Å². The Kier molecular flexibility index (Phi) is 6.26. The molecule has 0 aromatic rings. The highest BCUT2D eigenvalue weighted by Gasteiger charge is 2.37. The van der Waals surface area contributed by atoms with Gasteiger partial charge in [-0.15, -0.1) is 0 Å². The molecule has 2 fully saturated rings. The number of carbonyl (C=O) groups excluding carboxylic acids is 1. The van der Waals surface area contributed by atoms with E-state index in [2.05, 4.69) is 15.5 Å². The fraction of sp³-hybridized carbons (Fsp3) is 0.933. The predicted octanol–water partition coefficient (Wildman–Crippen LogP) is 0.602. The summed E-state index contributed by atoms with van der Waals surface area (Å²) in [5.41, 5.74) is 0. The van der Waals surface area contributed by atoms with Gasteiger partial charge in [-0.05, 0) is 32.2 Å². The Morgan fingerprint density at radius 1 is 1.35 bits per heavy atom. The molecule has 0 radical (unpaired) electrons. The normalized spacial score (nSPS) is 29.4. The van der Waals surface area contributed by atoms with Crippen LogP contribution in [-0.4, -0.2) is 63.3 Å². The molecule has 1 amide bonds. The molecule has 5 heteroatoms. The van der Waals surface area contributed by atoms with Crippen LogP contribution in [0.15, 0.2) is 0 Å². The first kappa shape index (κ1) is 15.7. The highest BCUT2D eigenvalue weighted by molar-refractivity contribution is 5.82. The third kappa shape index (κ3) is 4.43. The number of ether oxygens (including phenoxy) is 1. The van der Waals surface area contributed by atoms with E-state index in [1.807, 2.05) is 7.05 Å². The van der Waals surface area contributed by atoms with Crippen LogP contribution in [0.25, 0.3) is 0 Å². The summed E-state index contributed by atoms with van der Waals surface area (Å²) in [5.74, 6) is 0.906. The quantitative estimate of drug-likeness (QED) is 0.718. The third-order valence-electron chi connectivity index (χ3n) is 4.65. The fourth-order valence-corrected chi connectivity index (χ4v) is 3.37. The SMILES string of the molecule is COCCN(C)CCNC(=O)C1CC2CCCCC2N1. The van der Waals surface area contributed by atoms with E-state index in [0.29, 0.717) is 12.6 Å². The summed E-state index contributed by atoms with van der Waals surface area (Å²) in [5, 5.41) is 6.58. The standard InChI is InChI=1S/C15H29N3O2/c1-18(9-10-20-2)8-7-16-15(19)14-11-12-5-3-4-6-13(12)17-14/h12-14,17H,3-11H2,1-2H3,(H,16,19). The largest absolute Gasteiger partial charge is 0.383 e. The fourth-order valence-electron chi connectivity index (χ4n) is 3.37. The molecule has 0 spiro atoms. The van der Waals surface area contributed by atoms with Crippen molar-refractivity contribution in [3.05, 3.63) is 0 Å². The topological polar surface area (TPSA) is 53.6 Å². The van der Waals surface area contributed by atoms with Crippen LogP contribution in [0.4, 0.5) is 0 Å². The molecule has 1 saturated heterocycles. The smallest absolute Gasteiger partial charge is 0.237 e. The Morgan fingerprint density at radius 3 is 2.90 bits per heavy atom. The second-order valence-corrected chi connectivity index (χ2v) is 6.19. The first-order valence-corrected chi connectivity index (χ1v) is 7.92. The van der Waals surface area contributed by atoms with Gasteiger partial charge in [0, 0.05) is 32.8 Å². The Morgan fingerprint density at radius 2 is 2.15 bits per heavy atom. The maximum Gasteiger partial charge on any atom is 0.237 e. The van der Waals surface area contributed by atoms with E-state index in [1.165, 1.54) is 25.7 Å². The molecule has 5 nitrogen and oxygen atoms in total. The Labute approximate surface area is 122 Å². The minimum Gasteiger partial charge on any atom is -0.383 e. The zero-order valence-corrected chi connectivity index (χ0v) is 12.9. The number of hydrogen-bond acceptors (Lipinski definition) is 4. The Balaban J connectivity index is 1.63. The summed E-state index contributed by atoms with van der Waals surface area (Å²) in [6.07, 6.45) is 6.21. The number of likely N-dealkylation sites (N-methyl/N-ethyl adjacent to an activating group) is 1. The highest BCUT2D eigenvalue weighted by atomic mass is 16.5. The van der Waals surface area contributed by atoms with Crippen LogP contribution in [0.1, 0.15) is 32.1 Å². The zero-order chi connectivity index (χ0) is 14.4. The van der Waals surface area contributed by atoms with E-state index < -0.39 is 0 Å². The number of nitrogens with one attached hydrogen (secondary N) is 2. The van der Waals surface area contributed by atoms with Gasteiger partial charge in [-0.1, -0.05) is 12.8 Å². The van der Waals surface area contributed by atoms with Crippen molar-refractivity contribution in [3.8, 4) is 0 Å². The number of hydrogen-bond donors (Lipinski definition) is 2. The van der Waals surface area contributed by atoms with Gasteiger partial charge >= 0.3 is 0 Å². The van der Waals surface area contributed by atoms with Gasteiger partial charge in [0.25, 0.3) is 0 Å². The number of amides is 1. The molecular formula is C15H29N3O2. The summed E-state index contributed by atoms with van der Waals surface area (Å²) in [6.45, 7) is 3.22. The third-order valence-corrected chi connectivity index (χ3v) is 4.65. The summed E-state index contributed by atoms with van der Waals surface area (Å²) in [6, 6.07) is 0.622. The molecule has 1 aliphatic carbocycles. The zero-order valence-electron chi connectivity index (χ0n) is 12.9. The predicted molar refractivity (Wildman–Crippen MR) is 79.7 cm³/mol. The van der Waals surface area contributed by atoms with Gasteiger partial charge in [0.05, 0.1) is 12.6 Å². The van der Waals surface area contributed by atoms with Crippen molar-refractivity contribution in [3.63, 3.8) is 0 Å². The van der Waals surface area contributed by atoms with Crippen LogP contribution in [0.3, 0.4) is 0 Å². The second kappa shape index (κ2) is 7.96. The maximum atomic E-state index is 12.2. The molecule has 3 atom stereocenters. The average molecular weight is 283 g/mol. The van der Waals surface area contributed by atoms with Crippen molar-refractivity contribution in [2.24, 2.45) is 5.92 Å². The van der Waals surface area contributed by atoms with Crippen LogP contribution in [0.2, 0.25) is 0 Å². The molecule has 1 aliphatic heterocycles. The van der Waals surface area contributed by atoms with Crippen molar-refractivity contribution in [1.82, 2.24) is 15.5 Å². The number of nitrogens with zero attached hydrogens (tertiary/aromatic N) is 1. The molecule has 0 aromatic heterocycles. The van der Waals surface area contributed by atoms with Crippen molar-refractivity contribution in [2.45, 2.75) is 44.2 Å². The number of methoxy groups -OCH3 is 1. The molecule has 2 N–H and O–H groups in total. The van der Waals surface area contributed by atoms with Gasteiger partial charge in [-0.2, -0.15) is 0 Å².